The van der Waals surface area contributed by atoms with Crippen molar-refractivity contribution >= 4 is 23.0 Å². The van der Waals surface area contributed by atoms with Crippen LogP contribution < -0.4 is 21.0 Å². The molecule has 0 fully saturated rings. The molecule has 0 saturated heterocycles. The number of methoxy groups -OCH3 is 1. The Hall–Kier alpha value is -3.03. The van der Waals surface area contributed by atoms with Crippen molar-refractivity contribution in [1.82, 2.24) is 10.7 Å². The smallest absolute Gasteiger partial charge is 0.407 e. The number of nitrogens with one attached hydrogen (secondary N) is 2. The van der Waals surface area contributed by atoms with Gasteiger partial charge in [0.25, 0.3) is 0 Å². The molecule has 1 aromatic carbocycles. The highest BCUT2D eigenvalue weighted by molar-refractivity contribution is 5.83. The van der Waals surface area contributed by atoms with Crippen molar-refractivity contribution in [2.24, 2.45) is 5.10 Å². The summed E-state index contributed by atoms with van der Waals surface area (Å²) in [6.45, 7) is 5.74. The van der Waals surface area contributed by atoms with Gasteiger partial charge in [-0.25, -0.2) is 10.2 Å². The third-order valence-electron chi connectivity index (χ3n) is 4.98. The van der Waals surface area contributed by atoms with E-state index in [1.165, 1.54) is 5.56 Å². The minimum absolute atomic E-state index is 0.225. The average molecular weight is 430 g/mol. The summed E-state index contributed by atoms with van der Waals surface area (Å²) in [6, 6.07) is 5.78. The number of carbonyl (C=O) groups excluding carboxylic acids is 2. The minimum Gasteiger partial charge on any atom is -0.497 e. The van der Waals surface area contributed by atoms with E-state index in [1.807, 2.05) is 18.2 Å². The predicted molar refractivity (Wildman–Crippen MR) is 117 cm³/mol. The molecule has 168 valence electrons. The van der Waals surface area contributed by atoms with Crippen LogP contribution >= 0.6 is 0 Å². The number of hydrogen-bond acceptors (Lipinski definition) is 6. The van der Waals surface area contributed by atoms with E-state index in [1.54, 1.807) is 27.9 Å². The highest BCUT2D eigenvalue weighted by Crippen LogP contribution is 2.28. The second kappa shape index (κ2) is 9.85. The number of amides is 2. The summed E-state index contributed by atoms with van der Waals surface area (Å²) < 4.78 is 16.5. The molecule has 0 aliphatic heterocycles. The number of hydrogen-bond donors (Lipinski definition) is 2. The van der Waals surface area contributed by atoms with Crippen LogP contribution in [0.3, 0.4) is 0 Å². The van der Waals surface area contributed by atoms with Gasteiger partial charge in [0.1, 0.15) is 16.9 Å². The topological polar surface area (TPSA) is 102 Å². The van der Waals surface area contributed by atoms with Gasteiger partial charge in [0.15, 0.2) is 0 Å². The summed E-state index contributed by atoms with van der Waals surface area (Å²) >= 11 is 0. The molecule has 8 nitrogen and oxygen atoms in total. The monoisotopic (exact) mass is 429 g/mol. The molecular formula is C23H31N3O5. The van der Waals surface area contributed by atoms with E-state index in [4.69, 9.17) is 13.9 Å². The third kappa shape index (κ3) is 6.23. The number of rotatable bonds is 6. The van der Waals surface area contributed by atoms with Crippen LogP contribution in [0.15, 0.2) is 27.7 Å². The Balaban J connectivity index is 1.65. The van der Waals surface area contributed by atoms with E-state index in [9.17, 15) is 9.59 Å². The van der Waals surface area contributed by atoms with Crippen LogP contribution in [0, 0.1) is 0 Å². The van der Waals surface area contributed by atoms with E-state index in [0.29, 0.717) is 29.9 Å². The number of alkyl carbamates (subject to hydrolysis) is 1. The number of benzene rings is 1. The maximum absolute atomic E-state index is 12.2. The molecule has 2 N–H and O–H groups in total. The molecule has 3 rings (SSSR count). The van der Waals surface area contributed by atoms with Crippen LogP contribution in [0.2, 0.25) is 0 Å². The van der Waals surface area contributed by atoms with E-state index in [-0.39, 0.29) is 12.3 Å². The Morgan fingerprint density at radius 1 is 1.16 bits per heavy atom. The summed E-state index contributed by atoms with van der Waals surface area (Å²) in [6.07, 6.45) is 4.23. The molecule has 0 saturated carbocycles. The normalized spacial score (nSPS) is 14.1. The first-order chi connectivity index (χ1) is 14.8. The van der Waals surface area contributed by atoms with Gasteiger partial charge in [-0.2, -0.15) is 0 Å². The molecule has 8 heteroatoms. The maximum atomic E-state index is 12.2. The zero-order valence-corrected chi connectivity index (χ0v) is 18.7. The maximum Gasteiger partial charge on any atom is 0.407 e. The lowest BCUT2D eigenvalue weighted by atomic mass is 9.90. The first-order valence-corrected chi connectivity index (χ1v) is 10.7. The molecule has 1 heterocycles. The number of ether oxygens (including phenoxy) is 2. The van der Waals surface area contributed by atoms with Crippen LogP contribution in [0.5, 0.6) is 5.75 Å². The quantitative estimate of drug-likeness (QED) is 0.540. The van der Waals surface area contributed by atoms with Gasteiger partial charge in [0, 0.05) is 30.0 Å². The molecule has 0 radical (unpaired) electrons. The van der Waals surface area contributed by atoms with Crippen LogP contribution in [0.1, 0.15) is 57.6 Å². The van der Waals surface area contributed by atoms with E-state index in [0.717, 1.165) is 36.6 Å². The average Bonchev–Trinajstić information content (AvgIpc) is 2.73. The molecule has 2 aromatic rings. The van der Waals surface area contributed by atoms with E-state index in [2.05, 4.69) is 15.8 Å². The molecule has 31 heavy (non-hydrogen) atoms. The standard InChI is InChI=1S/C23H31N3O5/c1-23(2,3)31-22(28)24-13-7-10-20(27)25-26-21-18-9-6-5-8-16(18)17-12-11-15(29-4)14-19(17)30-21/h11-12,14H,5-10,13H2,1-4H3,(H,24,28)(H,25,27)/b26-21-. The Labute approximate surface area is 182 Å². The lowest BCUT2D eigenvalue weighted by Crippen LogP contribution is -2.33. The molecule has 1 aliphatic rings. The zero-order valence-electron chi connectivity index (χ0n) is 18.7. The van der Waals surface area contributed by atoms with Gasteiger partial charge >= 0.3 is 6.09 Å². The summed E-state index contributed by atoms with van der Waals surface area (Å²) in [5, 5.41) is 7.97. The molecule has 0 unspecified atom stereocenters. The van der Waals surface area contributed by atoms with Gasteiger partial charge in [-0.3, -0.25) is 4.79 Å². The largest absolute Gasteiger partial charge is 0.497 e. The van der Waals surface area contributed by atoms with Gasteiger partial charge < -0.3 is 19.2 Å². The van der Waals surface area contributed by atoms with Crippen molar-refractivity contribution in [2.75, 3.05) is 13.7 Å². The fourth-order valence-electron chi connectivity index (χ4n) is 3.58. The Morgan fingerprint density at radius 3 is 2.61 bits per heavy atom. The van der Waals surface area contributed by atoms with Crippen LogP contribution in [0.4, 0.5) is 4.79 Å². The second-order valence-corrected chi connectivity index (χ2v) is 8.61. The lowest BCUT2D eigenvalue weighted by molar-refractivity contribution is -0.121. The Bertz CT molecular complexity index is 1020. The summed E-state index contributed by atoms with van der Waals surface area (Å²) in [5.41, 5.74) is 5.45. The molecular weight excluding hydrogens is 398 g/mol. The number of aryl methyl sites for hydroxylation is 1. The van der Waals surface area contributed by atoms with Gasteiger partial charge in [-0.1, -0.05) is 0 Å². The lowest BCUT2D eigenvalue weighted by Gasteiger charge is -2.19. The van der Waals surface area contributed by atoms with Crippen molar-refractivity contribution in [3.8, 4) is 5.75 Å². The van der Waals surface area contributed by atoms with Crippen molar-refractivity contribution in [2.45, 2.75) is 64.9 Å². The molecule has 0 bridgehead atoms. The van der Waals surface area contributed by atoms with Crippen molar-refractivity contribution in [1.29, 1.82) is 0 Å². The van der Waals surface area contributed by atoms with Crippen LogP contribution in [-0.2, 0) is 22.4 Å². The van der Waals surface area contributed by atoms with E-state index < -0.39 is 11.7 Å². The number of carbonyl (C=O) groups is 2. The third-order valence-corrected chi connectivity index (χ3v) is 4.98. The first kappa shape index (κ1) is 22.7. The predicted octanol–water partition coefficient (Wildman–Crippen LogP) is 3.56. The zero-order chi connectivity index (χ0) is 22.4. The molecule has 1 aliphatic carbocycles. The minimum atomic E-state index is -0.549. The fraction of sp³-hybridized carbons (Fsp3) is 0.522. The van der Waals surface area contributed by atoms with Crippen LogP contribution in [-0.4, -0.2) is 31.3 Å². The number of nitrogens with zero attached hydrogens (tertiary/aromatic N) is 1. The molecule has 2 amide bonds. The van der Waals surface area contributed by atoms with E-state index >= 15 is 0 Å². The fourth-order valence-corrected chi connectivity index (χ4v) is 3.58. The Morgan fingerprint density at radius 2 is 1.90 bits per heavy atom. The second-order valence-electron chi connectivity index (χ2n) is 8.61. The molecule has 1 aromatic heterocycles. The SMILES string of the molecule is COc1ccc2c3c(/c(=N/NC(=O)CCCNC(=O)OC(C)(C)C)oc2c1)CCCC3. The van der Waals surface area contributed by atoms with Gasteiger partial charge in [-0.15, -0.1) is 5.10 Å². The highest BCUT2D eigenvalue weighted by Gasteiger charge is 2.18. The molecule has 0 atom stereocenters. The summed E-state index contributed by atoms with van der Waals surface area (Å²) in [4.78, 5) is 23.8. The van der Waals surface area contributed by atoms with Crippen molar-refractivity contribution in [3.05, 3.63) is 34.9 Å². The van der Waals surface area contributed by atoms with Gasteiger partial charge in [0.2, 0.25) is 11.5 Å². The Kier molecular flexibility index (Phi) is 7.20. The first-order valence-electron chi connectivity index (χ1n) is 10.7. The molecule has 0 spiro atoms. The van der Waals surface area contributed by atoms with Crippen molar-refractivity contribution < 1.29 is 23.5 Å². The summed E-state index contributed by atoms with van der Waals surface area (Å²) in [5.74, 6) is 0.468. The number of fused-ring (bicyclic) bond motifs is 3. The summed E-state index contributed by atoms with van der Waals surface area (Å²) in [7, 11) is 1.61. The highest BCUT2D eigenvalue weighted by atomic mass is 16.6. The van der Waals surface area contributed by atoms with Gasteiger partial charge in [-0.05, 0) is 70.6 Å². The van der Waals surface area contributed by atoms with Crippen LogP contribution in [0.25, 0.3) is 11.0 Å². The van der Waals surface area contributed by atoms with Crippen molar-refractivity contribution in [3.63, 3.8) is 0 Å². The van der Waals surface area contributed by atoms with Gasteiger partial charge in [0.05, 0.1) is 7.11 Å².